The van der Waals surface area contributed by atoms with Gasteiger partial charge < -0.3 is 15.8 Å². The molecule has 1 aromatic rings. The first-order valence-corrected chi connectivity index (χ1v) is 6.43. The summed E-state index contributed by atoms with van der Waals surface area (Å²) in [5.41, 5.74) is 7.85. The third-order valence-electron chi connectivity index (χ3n) is 3.22. The Labute approximate surface area is 108 Å². The number of carbonyl (C=O) groups is 1. The van der Waals surface area contributed by atoms with Gasteiger partial charge in [0.15, 0.2) is 0 Å². The maximum atomic E-state index is 11.8. The topological polar surface area (TPSA) is 64.3 Å². The first-order chi connectivity index (χ1) is 8.79. The van der Waals surface area contributed by atoms with Gasteiger partial charge in [0, 0.05) is 13.2 Å². The summed E-state index contributed by atoms with van der Waals surface area (Å²) in [5, 5.41) is 2.95. The Hall–Kier alpha value is -1.39. The standard InChI is InChI=1S/C14H20N2O2/c15-7-5-11-1-3-12(4-2-11)9-16-14(17)13-6-8-18-10-13/h1-4,13H,5-10,15H2,(H,16,17). The molecule has 1 amide bonds. The number of nitrogens with two attached hydrogens (primary N) is 1. The average molecular weight is 248 g/mol. The van der Waals surface area contributed by atoms with Crippen LogP contribution in [0.3, 0.4) is 0 Å². The predicted octanol–water partition coefficient (Wildman–Crippen LogP) is 0.840. The van der Waals surface area contributed by atoms with E-state index in [2.05, 4.69) is 17.4 Å². The predicted molar refractivity (Wildman–Crippen MR) is 70.0 cm³/mol. The third-order valence-corrected chi connectivity index (χ3v) is 3.22. The Bertz CT molecular complexity index is 383. The molecule has 3 N–H and O–H groups in total. The van der Waals surface area contributed by atoms with Gasteiger partial charge in [0.2, 0.25) is 5.91 Å². The summed E-state index contributed by atoms with van der Waals surface area (Å²) in [5.74, 6) is 0.125. The minimum absolute atomic E-state index is 0.0292. The molecular formula is C14H20N2O2. The molecule has 1 aromatic carbocycles. The molecule has 4 heteroatoms. The van der Waals surface area contributed by atoms with Crippen LogP contribution in [0.4, 0.5) is 0 Å². The fraction of sp³-hybridized carbons (Fsp3) is 0.500. The summed E-state index contributed by atoms with van der Waals surface area (Å²) in [7, 11) is 0. The monoisotopic (exact) mass is 248 g/mol. The fourth-order valence-corrected chi connectivity index (χ4v) is 2.07. The molecule has 4 nitrogen and oxygen atoms in total. The number of amides is 1. The van der Waals surface area contributed by atoms with Gasteiger partial charge >= 0.3 is 0 Å². The molecule has 0 saturated carbocycles. The highest BCUT2D eigenvalue weighted by Crippen LogP contribution is 2.12. The summed E-state index contributed by atoms with van der Waals surface area (Å²) in [6.07, 6.45) is 1.73. The highest BCUT2D eigenvalue weighted by molar-refractivity contribution is 5.78. The lowest BCUT2D eigenvalue weighted by atomic mass is 10.1. The van der Waals surface area contributed by atoms with E-state index in [1.807, 2.05) is 12.1 Å². The van der Waals surface area contributed by atoms with E-state index in [9.17, 15) is 4.79 Å². The van der Waals surface area contributed by atoms with Crippen molar-refractivity contribution in [2.75, 3.05) is 19.8 Å². The molecule has 0 aliphatic carbocycles. The van der Waals surface area contributed by atoms with Crippen LogP contribution in [0.15, 0.2) is 24.3 Å². The molecule has 1 aliphatic rings. The second-order valence-corrected chi connectivity index (χ2v) is 4.63. The quantitative estimate of drug-likeness (QED) is 0.811. The maximum absolute atomic E-state index is 11.8. The number of ether oxygens (including phenoxy) is 1. The van der Waals surface area contributed by atoms with Crippen LogP contribution in [0.2, 0.25) is 0 Å². The molecule has 0 bridgehead atoms. The lowest BCUT2D eigenvalue weighted by Gasteiger charge is -2.09. The van der Waals surface area contributed by atoms with Gasteiger partial charge in [-0.2, -0.15) is 0 Å². The van der Waals surface area contributed by atoms with Gasteiger partial charge in [-0.05, 0) is 30.5 Å². The van der Waals surface area contributed by atoms with E-state index in [0.29, 0.717) is 26.3 Å². The molecule has 1 unspecified atom stereocenters. The SMILES string of the molecule is NCCc1ccc(CNC(=O)C2CCOC2)cc1. The second-order valence-electron chi connectivity index (χ2n) is 4.63. The molecule has 2 rings (SSSR count). The molecule has 1 heterocycles. The van der Waals surface area contributed by atoms with Crippen molar-refractivity contribution in [2.45, 2.75) is 19.4 Å². The van der Waals surface area contributed by atoms with E-state index in [1.165, 1.54) is 5.56 Å². The fourth-order valence-electron chi connectivity index (χ4n) is 2.07. The van der Waals surface area contributed by atoms with Crippen LogP contribution in [-0.4, -0.2) is 25.7 Å². The van der Waals surface area contributed by atoms with Crippen LogP contribution in [0, 0.1) is 5.92 Å². The Morgan fingerprint density at radius 2 is 2.06 bits per heavy atom. The van der Waals surface area contributed by atoms with E-state index >= 15 is 0 Å². The molecule has 1 atom stereocenters. The average Bonchev–Trinajstić information content (AvgIpc) is 2.92. The first kappa shape index (κ1) is 13.1. The molecule has 1 saturated heterocycles. The van der Waals surface area contributed by atoms with E-state index in [-0.39, 0.29) is 11.8 Å². The summed E-state index contributed by atoms with van der Waals surface area (Å²) >= 11 is 0. The van der Waals surface area contributed by atoms with Crippen molar-refractivity contribution in [3.63, 3.8) is 0 Å². The Morgan fingerprint density at radius 1 is 1.33 bits per heavy atom. The molecular weight excluding hydrogens is 228 g/mol. The maximum Gasteiger partial charge on any atom is 0.225 e. The van der Waals surface area contributed by atoms with Gasteiger partial charge in [0.25, 0.3) is 0 Å². The summed E-state index contributed by atoms with van der Waals surface area (Å²) in [6.45, 7) is 2.50. The molecule has 1 aliphatic heterocycles. The molecule has 18 heavy (non-hydrogen) atoms. The van der Waals surface area contributed by atoms with Crippen LogP contribution in [0.25, 0.3) is 0 Å². The molecule has 0 radical (unpaired) electrons. The van der Waals surface area contributed by atoms with Crippen molar-refractivity contribution < 1.29 is 9.53 Å². The van der Waals surface area contributed by atoms with Crippen molar-refractivity contribution in [1.29, 1.82) is 0 Å². The zero-order chi connectivity index (χ0) is 12.8. The largest absolute Gasteiger partial charge is 0.381 e. The molecule has 98 valence electrons. The van der Waals surface area contributed by atoms with E-state index in [1.54, 1.807) is 0 Å². The van der Waals surface area contributed by atoms with E-state index in [0.717, 1.165) is 18.4 Å². The van der Waals surface area contributed by atoms with Crippen LogP contribution in [0.1, 0.15) is 17.5 Å². The van der Waals surface area contributed by atoms with Crippen LogP contribution >= 0.6 is 0 Å². The number of carbonyl (C=O) groups excluding carboxylic acids is 1. The zero-order valence-electron chi connectivity index (χ0n) is 10.5. The minimum Gasteiger partial charge on any atom is -0.381 e. The lowest BCUT2D eigenvalue weighted by Crippen LogP contribution is -2.30. The number of benzene rings is 1. The van der Waals surface area contributed by atoms with Crippen molar-refractivity contribution in [3.05, 3.63) is 35.4 Å². The van der Waals surface area contributed by atoms with E-state index < -0.39 is 0 Å². The Balaban J connectivity index is 1.80. The van der Waals surface area contributed by atoms with Gasteiger partial charge in [0.05, 0.1) is 12.5 Å². The van der Waals surface area contributed by atoms with Crippen molar-refractivity contribution in [3.8, 4) is 0 Å². The number of rotatable bonds is 5. The highest BCUT2D eigenvalue weighted by atomic mass is 16.5. The van der Waals surface area contributed by atoms with Gasteiger partial charge in [0.1, 0.15) is 0 Å². The summed E-state index contributed by atoms with van der Waals surface area (Å²) in [6, 6.07) is 8.20. The van der Waals surface area contributed by atoms with Crippen LogP contribution in [0.5, 0.6) is 0 Å². The van der Waals surface area contributed by atoms with Crippen LogP contribution in [-0.2, 0) is 22.5 Å². The lowest BCUT2D eigenvalue weighted by molar-refractivity contribution is -0.125. The van der Waals surface area contributed by atoms with Gasteiger partial charge in [-0.25, -0.2) is 0 Å². The number of nitrogens with one attached hydrogen (secondary N) is 1. The van der Waals surface area contributed by atoms with E-state index in [4.69, 9.17) is 10.5 Å². The zero-order valence-corrected chi connectivity index (χ0v) is 10.5. The number of hydrogen-bond acceptors (Lipinski definition) is 3. The van der Waals surface area contributed by atoms with Crippen molar-refractivity contribution in [1.82, 2.24) is 5.32 Å². The van der Waals surface area contributed by atoms with Crippen LogP contribution < -0.4 is 11.1 Å². The molecule has 0 aromatic heterocycles. The third kappa shape index (κ3) is 3.55. The van der Waals surface area contributed by atoms with Crippen molar-refractivity contribution >= 4 is 5.91 Å². The molecule has 1 fully saturated rings. The van der Waals surface area contributed by atoms with Crippen molar-refractivity contribution in [2.24, 2.45) is 11.7 Å². The second kappa shape index (κ2) is 6.52. The molecule has 0 spiro atoms. The summed E-state index contributed by atoms with van der Waals surface area (Å²) < 4.78 is 5.20. The van der Waals surface area contributed by atoms with Gasteiger partial charge in [-0.15, -0.1) is 0 Å². The van der Waals surface area contributed by atoms with Gasteiger partial charge in [-0.3, -0.25) is 4.79 Å². The first-order valence-electron chi connectivity index (χ1n) is 6.43. The van der Waals surface area contributed by atoms with Gasteiger partial charge in [-0.1, -0.05) is 24.3 Å². The summed E-state index contributed by atoms with van der Waals surface area (Å²) in [4.78, 5) is 11.8. The Morgan fingerprint density at radius 3 is 2.67 bits per heavy atom. The Kier molecular flexibility index (Phi) is 4.73. The highest BCUT2D eigenvalue weighted by Gasteiger charge is 2.22. The normalized spacial score (nSPS) is 18.8. The smallest absolute Gasteiger partial charge is 0.225 e. The number of hydrogen-bond donors (Lipinski definition) is 2. The minimum atomic E-state index is 0.0292.